The first-order valence-electron chi connectivity index (χ1n) is 6.31. The van der Waals surface area contributed by atoms with Gasteiger partial charge in [-0.3, -0.25) is 0 Å². The third-order valence-electron chi connectivity index (χ3n) is 2.53. The highest BCUT2D eigenvalue weighted by molar-refractivity contribution is 5.86. The Morgan fingerprint density at radius 1 is 1.30 bits per heavy atom. The molecule has 108 valence electrons. The Kier molecular flexibility index (Phi) is 6.37. The van der Waals surface area contributed by atoms with Gasteiger partial charge in [0.15, 0.2) is 11.5 Å². The number of rotatable bonds is 8. The van der Waals surface area contributed by atoms with Gasteiger partial charge in [0.25, 0.3) is 0 Å². The Hall–Kier alpha value is -2.23. The molecule has 0 atom stereocenters. The summed E-state index contributed by atoms with van der Waals surface area (Å²) in [5, 5.41) is 0. The third kappa shape index (κ3) is 4.80. The van der Waals surface area contributed by atoms with Crippen LogP contribution in [0.25, 0.3) is 0 Å². The standard InChI is InChI=1S/C16H20O4/c1-5-6-13-7-8-14(15(11-13)18-4)19-9-10-20-16(17)12(2)3/h5,7-8,11H,1-2,6,9-10H2,3-4H3. The van der Waals surface area contributed by atoms with Gasteiger partial charge >= 0.3 is 5.97 Å². The lowest BCUT2D eigenvalue weighted by Crippen LogP contribution is -2.12. The van der Waals surface area contributed by atoms with E-state index in [4.69, 9.17) is 14.2 Å². The van der Waals surface area contributed by atoms with Crippen LogP contribution in [0.3, 0.4) is 0 Å². The summed E-state index contributed by atoms with van der Waals surface area (Å²) in [6, 6.07) is 5.68. The summed E-state index contributed by atoms with van der Waals surface area (Å²) in [5.41, 5.74) is 1.47. The fourth-order valence-electron chi connectivity index (χ4n) is 1.53. The maximum absolute atomic E-state index is 11.2. The molecule has 1 aromatic rings. The minimum atomic E-state index is -0.415. The molecule has 0 aliphatic rings. The fraction of sp³-hybridized carbons (Fsp3) is 0.312. The highest BCUT2D eigenvalue weighted by Crippen LogP contribution is 2.28. The molecule has 0 radical (unpaired) electrons. The molecular weight excluding hydrogens is 256 g/mol. The molecule has 0 saturated carbocycles. The SMILES string of the molecule is C=CCc1ccc(OCCOC(=O)C(=C)C)c(OC)c1. The van der Waals surface area contributed by atoms with Crippen molar-refractivity contribution in [1.29, 1.82) is 0 Å². The second-order valence-electron chi connectivity index (χ2n) is 4.24. The first-order chi connectivity index (χ1) is 9.58. The highest BCUT2D eigenvalue weighted by atomic mass is 16.6. The van der Waals surface area contributed by atoms with Crippen LogP contribution in [0.15, 0.2) is 43.0 Å². The van der Waals surface area contributed by atoms with Crippen LogP contribution < -0.4 is 9.47 Å². The van der Waals surface area contributed by atoms with Gasteiger partial charge in [-0.2, -0.15) is 0 Å². The van der Waals surface area contributed by atoms with E-state index in [0.717, 1.165) is 12.0 Å². The van der Waals surface area contributed by atoms with Crippen molar-refractivity contribution >= 4 is 5.97 Å². The number of benzene rings is 1. The molecule has 0 spiro atoms. The van der Waals surface area contributed by atoms with E-state index >= 15 is 0 Å². The summed E-state index contributed by atoms with van der Waals surface area (Å²) in [7, 11) is 1.58. The van der Waals surface area contributed by atoms with E-state index < -0.39 is 5.97 Å². The Morgan fingerprint density at radius 3 is 2.65 bits per heavy atom. The van der Waals surface area contributed by atoms with Gasteiger partial charge in [-0.25, -0.2) is 4.79 Å². The molecule has 0 heterocycles. The van der Waals surface area contributed by atoms with Crippen LogP contribution in [-0.2, 0) is 16.0 Å². The van der Waals surface area contributed by atoms with Crippen LogP contribution in [0.5, 0.6) is 11.5 Å². The van der Waals surface area contributed by atoms with Crippen LogP contribution in [0.1, 0.15) is 12.5 Å². The van der Waals surface area contributed by atoms with E-state index in [0.29, 0.717) is 17.1 Å². The van der Waals surface area contributed by atoms with E-state index in [2.05, 4.69) is 13.2 Å². The van der Waals surface area contributed by atoms with Gasteiger partial charge in [0.1, 0.15) is 13.2 Å². The lowest BCUT2D eigenvalue weighted by molar-refractivity contribution is -0.139. The van der Waals surface area contributed by atoms with Crippen molar-refractivity contribution in [1.82, 2.24) is 0 Å². The number of hydrogen-bond donors (Lipinski definition) is 0. The Bertz CT molecular complexity index is 491. The maximum atomic E-state index is 11.2. The average molecular weight is 276 g/mol. The first-order valence-corrected chi connectivity index (χ1v) is 6.31. The van der Waals surface area contributed by atoms with Gasteiger partial charge < -0.3 is 14.2 Å². The normalized spacial score (nSPS) is 9.70. The van der Waals surface area contributed by atoms with Crippen molar-refractivity contribution < 1.29 is 19.0 Å². The largest absolute Gasteiger partial charge is 0.493 e. The minimum absolute atomic E-state index is 0.170. The molecule has 0 aliphatic carbocycles. The number of methoxy groups -OCH3 is 1. The van der Waals surface area contributed by atoms with Crippen molar-refractivity contribution in [3.8, 4) is 11.5 Å². The summed E-state index contributed by atoms with van der Waals surface area (Å²) in [5.74, 6) is 0.851. The molecule has 1 rings (SSSR count). The lowest BCUT2D eigenvalue weighted by atomic mass is 10.1. The van der Waals surface area contributed by atoms with Crippen molar-refractivity contribution in [2.45, 2.75) is 13.3 Å². The first kappa shape index (κ1) is 15.8. The highest BCUT2D eigenvalue weighted by Gasteiger charge is 2.06. The summed E-state index contributed by atoms with van der Waals surface area (Å²) in [4.78, 5) is 11.2. The molecule has 0 fully saturated rings. The predicted molar refractivity (Wildman–Crippen MR) is 78.2 cm³/mol. The van der Waals surface area contributed by atoms with Gasteiger partial charge in [0.2, 0.25) is 0 Å². The quantitative estimate of drug-likeness (QED) is 0.317. The van der Waals surface area contributed by atoms with Gasteiger partial charge in [-0.1, -0.05) is 18.7 Å². The van der Waals surface area contributed by atoms with Crippen molar-refractivity contribution in [2.75, 3.05) is 20.3 Å². The van der Waals surface area contributed by atoms with Crippen LogP contribution in [0.2, 0.25) is 0 Å². The van der Waals surface area contributed by atoms with Crippen LogP contribution in [0, 0.1) is 0 Å². The zero-order chi connectivity index (χ0) is 15.0. The fourth-order valence-corrected chi connectivity index (χ4v) is 1.53. The van der Waals surface area contributed by atoms with Crippen molar-refractivity contribution in [3.05, 3.63) is 48.6 Å². The molecule has 0 aliphatic heterocycles. The minimum Gasteiger partial charge on any atom is -0.493 e. The summed E-state index contributed by atoms with van der Waals surface area (Å²) < 4.78 is 15.7. The third-order valence-corrected chi connectivity index (χ3v) is 2.53. The molecule has 4 heteroatoms. The molecule has 0 bridgehead atoms. The Balaban J connectivity index is 2.53. The molecule has 20 heavy (non-hydrogen) atoms. The Morgan fingerprint density at radius 2 is 2.05 bits per heavy atom. The van der Waals surface area contributed by atoms with Gasteiger partial charge in [0.05, 0.1) is 7.11 Å². The Labute approximate surface area is 119 Å². The number of carbonyl (C=O) groups is 1. The predicted octanol–water partition coefficient (Wildman–Crippen LogP) is 2.92. The summed E-state index contributed by atoms with van der Waals surface area (Å²) in [6.07, 6.45) is 2.60. The molecule has 4 nitrogen and oxygen atoms in total. The molecule has 0 unspecified atom stereocenters. The second kappa shape index (κ2) is 8.04. The molecular formula is C16H20O4. The zero-order valence-corrected chi connectivity index (χ0v) is 12.0. The van der Waals surface area contributed by atoms with Crippen molar-refractivity contribution in [3.63, 3.8) is 0 Å². The van der Waals surface area contributed by atoms with E-state index in [1.165, 1.54) is 0 Å². The molecule has 0 N–H and O–H groups in total. The topological polar surface area (TPSA) is 44.8 Å². The van der Waals surface area contributed by atoms with Crippen LogP contribution in [0.4, 0.5) is 0 Å². The molecule has 0 saturated heterocycles. The number of allylic oxidation sites excluding steroid dienone is 1. The van der Waals surface area contributed by atoms with Crippen molar-refractivity contribution in [2.24, 2.45) is 0 Å². The average Bonchev–Trinajstić information content (AvgIpc) is 2.44. The number of ether oxygens (including phenoxy) is 3. The van der Waals surface area contributed by atoms with E-state index in [1.807, 2.05) is 24.3 Å². The zero-order valence-electron chi connectivity index (χ0n) is 12.0. The number of carbonyl (C=O) groups excluding carboxylic acids is 1. The smallest absolute Gasteiger partial charge is 0.333 e. The molecule has 1 aromatic carbocycles. The number of hydrogen-bond acceptors (Lipinski definition) is 4. The van der Waals surface area contributed by atoms with Gasteiger partial charge in [0, 0.05) is 5.57 Å². The van der Waals surface area contributed by atoms with Crippen LogP contribution >= 0.6 is 0 Å². The number of esters is 1. The monoisotopic (exact) mass is 276 g/mol. The van der Waals surface area contributed by atoms with E-state index in [-0.39, 0.29) is 13.2 Å². The van der Waals surface area contributed by atoms with E-state index in [1.54, 1.807) is 14.0 Å². The molecule has 0 aromatic heterocycles. The summed E-state index contributed by atoms with van der Waals surface area (Å²) >= 11 is 0. The van der Waals surface area contributed by atoms with Gasteiger partial charge in [-0.15, -0.1) is 6.58 Å². The van der Waals surface area contributed by atoms with Crippen LogP contribution in [-0.4, -0.2) is 26.3 Å². The lowest BCUT2D eigenvalue weighted by Gasteiger charge is -2.12. The maximum Gasteiger partial charge on any atom is 0.333 e. The van der Waals surface area contributed by atoms with Gasteiger partial charge in [-0.05, 0) is 31.0 Å². The second-order valence-corrected chi connectivity index (χ2v) is 4.24. The molecule has 0 amide bonds. The summed E-state index contributed by atoms with van der Waals surface area (Å²) in [6.45, 7) is 9.23. The van der Waals surface area contributed by atoms with E-state index in [9.17, 15) is 4.79 Å².